The van der Waals surface area contributed by atoms with Crippen LogP contribution in [0.25, 0.3) is 0 Å². The van der Waals surface area contributed by atoms with Gasteiger partial charge in [-0.15, -0.1) is 0 Å². The molecule has 1 fully saturated rings. The summed E-state index contributed by atoms with van der Waals surface area (Å²) in [7, 11) is 0. The lowest BCUT2D eigenvalue weighted by Gasteiger charge is -2.23. The third-order valence-corrected chi connectivity index (χ3v) is 4.32. The number of benzene rings is 1. The van der Waals surface area contributed by atoms with Gasteiger partial charge in [-0.1, -0.05) is 30.3 Å². The van der Waals surface area contributed by atoms with Crippen LogP contribution in [0.1, 0.15) is 35.7 Å². The first-order valence-electron chi connectivity index (χ1n) is 8.80. The number of hydrogen-bond acceptors (Lipinski definition) is 4. The quantitative estimate of drug-likeness (QED) is 0.810. The number of hydrogen-bond donors (Lipinski definition) is 0. The fraction of sp³-hybridized carbons (Fsp3) is 0.400. The van der Waals surface area contributed by atoms with E-state index in [2.05, 4.69) is 4.98 Å². The van der Waals surface area contributed by atoms with Crippen LogP contribution in [0.4, 0.5) is 0 Å². The maximum Gasteiger partial charge on any atom is 0.255 e. The molecular weight excluding hydrogens is 316 g/mol. The lowest BCUT2D eigenvalue weighted by atomic mass is 10.1. The summed E-state index contributed by atoms with van der Waals surface area (Å²) in [6.45, 7) is 4.68. The zero-order chi connectivity index (χ0) is 17.5. The molecule has 1 aliphatic heterocycles. The first-order valence-corrected chi connectivity index (χ1v) is 8.80. The van der Waals surface area contributed by atoms with E-state index < -0.39 is 0 Å². The first kappa shape index (κ1) is 17.4. The van der Waals surface area contributed by atoms with Gasteiger partial charge in [0.05, 0.1) is 18.8 Å². The predicted octanol–water partition coefficient (Wildman–Crippen LogP) is 3.30. The number of ether oxygens (including phenoxy) is 2. The molecule has 132 valence electrons. The molecule has 0 aliphatic carbocycles. The van der Waals surface area contributed by atoms with Gasteiger partial charge in [-0.3, -0.25) is 4.79 Å². The predicted molar refractivity (Wildman–Crippen MR) is 95.6 cm³/mol. The first-order chi connectivity index (χ1) is 12.3. The smallest absolute Gasteiger partial charge is 0.255 e. The summed E-state index contributed by atoms with van der Waals surface area (Å²) in [5.74, 6) is 0.547. The molecule has 1 aromatic carbocycles. The summed E-state index contributed by atoms with van der Waals surface area (Å²) in [5.41, 5.74) is 1.70. The van der Waals surface area contributed by atoms with Crippen molar-refractivity contribution in [2.45, 2.75) is 32.4 Å². The van der Waals surface area contributed by atoms with Crippen molar-refractivity contribution in [3.8, 4) is 5.88 Å². The van der Waals surface area contributed by atoms with Crippen molar-refractivity contribution in [1.29, 1.82) is 0 Å². The topological polar surface area (TPSA) is 51.7 Å². The fourth-order valence-electron chi connectivity index (χ4n) is 2.85. The van der Waals surface area contributed by atoms with E-state index in [0.717, 1.165) is 31.6 Å². The average Bonchev–Trinajstić information content (AvgIpc) is 2.68. The van der Waals surface area contributed by atoms with Gasteiger partial charge in [0, 0.05) is 38.2 Å². The van der Waals surface area contributed by atoms with Crippen molar-refractivity contribution < 1.29 is 14.3 Å². The maximum atomic E-state index is 12.7. The molecule has 3 rings (SSSR count). The highest BCUT2D eigenvalue weighted by molar-refractivity contribution is 5.93. The number of nitrogens with zero attached hydrogens (tertiary/aromatic N) is 2. The van der Waals surface area contributed by atoms with Crippen LogP contribution in [0.15, 0.2) is 48.7 Å². The van der Waals surface area contributed by atoms with Gasteiger partial charge in [0.2, 0.25) is 5.88 Å². The summed E-state index contributed by atoms with van der Waals surface area (Å²) < 4.78 is 11.2. The lowest BCUT2D eigenvalue weighted by Crippen LogP contribution is -2.30. The van der Waals surface area contributed by atoms with Gasteiger partial charge in [-0.25, -0.2) is 4.98 Å². The maximum absolute atomic E-state index is 12.7. The van der Waals surface area contributed by atoms with Crippen LogP contribution in [0.3, 0.4) is 0 Å². The Labute approximate surface area is 148 Å². The Balaban J connectivity index is 1.62. The number of amides is 1. The van der Waals surface area contributed by atoms with Crippen LogP contribution < -0.4 is 4.74 Å². The molecular formula is C20H24N2O3. The van der Waals surface area contributed by atoms with Gasteiger partial charge in [0.15, 0.2) is 0 Å². The third-order valence-electron chi connectivity index (χ3n) is 4.32. The van der Waals surface area contributed by atoms with Gasteiger partial charge in [-0.2, -0.15) is 0 Å². The van der Waals surface area contributed by atoms with Gasteiger partial charge in [0.1, 0.15) is 6.10 Å². The van der Waals surface area contributed by atoms with Crippen molar-refractivity contribution in [2.75, 3.05) is 19.8 Å². The highest BCUT2D eigenvalue weighted by Gasteiger charge is 2.18. The van der Waals surface area contributed by atoms with Crippen LogP contribution >= 0.6 is 0 Å². The van der Waals surface area contributed by atoms with Crippen molar-refractivity contribution in [2.24, 2.45) is 0 Å². The molecule has 0 radical (unpaired) electrons. The molecule has 0 spiro atoms. The summed E-state index contributed by atoms with van der Waals surface area (Å²) >= 11 is 0. The fourth-order valence-corrected chi connectivity index (χ4v) is 2.85. The van der Waals surface area contributed by atoms with Crippen LogP contribution in [0, 0.1) is 0 Å². The highest BCUT2D eigenvalue weighted by atomic mass is 16.5. The molecule has 25 heavy (non-hydrogen) atoms. The van der Waals surface area contributed by atoms with E-state index in [1.807, 2.05) is 42.2 Å². The average molecular weight is 340 g/mol. The van der Waals surface area contributed by atoms with Crippen LogP contribution in [-0.2, 0) is 11.3 Å². The standard InChI is InChI=1S/C20H24N2O3/c1-2-22(15-16-6-4-3-5-7-16)20(23)17-8-9-19(21-14-17)25-18-10-12-24-13-11-18/h3-9,14,18H,2,10-13,15H2,1H3. The van der Waals surface area contributed by atoms with Crippen LogP contribution in [0.2, 0.25) is 0 Å². The molecule has 5 heteroatoms. The SMILES string of the molecule is CCN(Cc1ccccc1)C(=O)c1ccc(OC2CCOCC2)nc1. The van der Waals surface area contributed by atoms with Crippen molar-refractivity contribution in [1.82, 2.24) is 9.88 Å². The molecule has 5 nitrogen and oxygen atoms in total. The Kier molecular flexibility index (Phi) is 6.01. The molecule has 0 N–H and O–H groups in total. The van der Waals surface area contributed by atoms with E-state index in [1.165, 1.54) is 0 Å². The van der Waals surface area contributed by atoms with E-state index in [0.29, 0.717) is 24.5 Å². The molecule has 1 saturated heterocycles. The minimum Gasteiger partial charge on any atom is -0.474 e. The Morgan fingerprint density at radius 1 is 1.20 bits per heavy atom. The van der Waals surface area contributed by atoms with E-state index in [9.17, 15) is 4.79 Å². The Bertz CT molecular complexity index is 667. The largest absolute Gasteiger partial charge is 0.474 e. The summed E-state index contributed by atoms with van der Waals surface area (Å²) in [6.07, 6.45) is 3.50. The van der Waals surface area contributed by atoms with E-state index >= 15 is 0 Å². The normalized spacial score (nSPS) is 14.9. The Hall–Kier alpha value is -2.40. The molecule has 0 atom stereocenters. The van der Waals surface area contributed by atoms with E-state index in [4.69, 9.17) is 9.47 Å². The second kappa shape index (κ2) is 8.62. The van der Waals surface area contributed by atoms with E-state index in [-0.39, 0.29) is 12.0 Å². The van der Waals surface area contributed by atoms with Gasteiger partial charge >= 0.3 is 0 Å². The van der Waals surface area contributed by atoms with Gasteiger partial charge < -0.3 is 14.4 Å². The van der Waals surface area contributed by atoms with Crippen molar-refractivity contribution in [3.05, 3.63) is 59.8 Å². The Morgan fingerprint density at radius 2 is 1.96 bits per heavy atom. The molecule has 1 amide bonds. The number of carbonyl (C=O) groups is 1. The molecule has 2 heterocycles. The van der Waals surface area contributed by atoms with Gasteiger partial charge in [-0.05, 0) is 18.6 Å². The van der Waals surface area contributed by atoms with Crippen molar-refractivity contribution >= 4 is 5.91 Å². The summed E-state index contributed by atoms with van der Waals surface area (Å²) in [5, 5.41) is 0. The molecule has 1 aliphatic rings. The highest BCUT2D eigenvalue weighted by Crippen LogP contribution is 2.17. The molecule has 0 saturated carbocycles. The zero-order valence-electron chi connectivity index (χ0n) is 14.6. The lowest BCUT2D eigenvalue weighted by molar-refractivity contribution is 0.0237. The molecule has 1 aromatic heterocycles. The van der Waals surface area contributed by atoms with Crippen LogP contribution in [-0.4, -0.2) is 41.7 Å². The minimum absolute atomic E-state index is 0.0172. The van der Waals surface area contributed by atoms with Gasteiger partial charge in [0.25, 0.3) is 5.91 Å². The second-order valence-corrected chi connectivity index (χ2v) is 6.12. The van der Waals surface area contributed by atoms with Crippen LogP contribution in [0.5, 0.6) is 5.88 Å². The third kappa shape index (κ3) is 4.79. The Morgan fingerprint density at radius 3 is 2.60 bits per heavy atom. The summed E-state index contributed by atoms with van der Waals surface area (Å²) in [4.78, 5) is 18.8. The molecule has 0 unspecified atom stereocenters. The number of carbonyl (C=O) groups excluding carboxylic acids is 1. The number of rotatable bonds is 6. The monoisotopic (exact) mass is 340 g/mol. The molecule has 2 aromatic rings. The number of pyridine rings is 1. The number of aromatic nitrogens is 1. The zero-order valence-corrected chi connectivity index (χ0v) is 14.6. The second-order valence-electron chi connectivity index (χ2n) is 6.12. The summed E-state index contributed by atoms with van der Waals surface area (Å²) in [6, 6.07) is 13.6. The molecule has 0 bridgehead atoms. The van der Waals surface area contributed by atoms with E-state index in [1.54, 1.807) is 18.3 Å². The van der Waals surface area contributed by atoms with Crippen molar-refractivity contribution in [3.63, 3.8) is 0 Å². The minimum atomic E-state index is -0.0172.